The van der Waals surface area contributed by atoms with Gasteiger partial charge in [0.2, 0.25) is 0 Å². The molecule has 2 aromatic carbocycles. The van der Waals surface area contributed by atoms with Crippen LogP contribution in [0, 0.1) is 5.92 Å². The summed E-state index contributed by atoms with van der Waals surface area (Å²) in [7, 11) is 1.75. The molecule has 3 atom stereocenters. The van der Waals surface area contributed by atoms with E-state index in [9.17, 15) is 0 Å². The number of piperidine rings is 1. The maximum absolute atomic E-state index is 6.50. The predicted octanol–water partition coefficient (Wildman–Crippen LogP) is 4.40. The first-order valence-electron chi connectivity index (χ1n) is 9.91. The largest absolute Gasteiger partial charge is 0.493 e. The number of benzene rings is 2. The number of likely N-dealkylation sites (tertiary alicyclic amines) is 1. The molecule has 0 bridgehead atoms. The number of methoxy groups -OCH3 is 1. The molecule has 3 nitrogen and oxygen atoms in total. The maximum Gasteiger partial charge on any atom is 0.165 e. The van der Waals surface area contributed by atoms with Crippen LogP contribution in [-0.4, -0.2) is 31.2 Å². The van der Waals surface area contributed by atoms with Crippen molar-refractivity contribution < 1.29 is 9.47 Å². The molecule has 1 saturated carbocycles. The molecule has 26 heavy (non-hydrogen) atoms. The van der Waals surface area contributed by atoms with Gasteiger partial charge in [0.05, 0.1) is 7.11 Å². The van der Waals surface area contributed by atoms with Crippen molar-refractivity contribution in [1.82, 2.24) is 4.90 Å². The summed E-state index contributed by atoms with van der Waals surface area (Å²) in [4.78, 5) is 2.64. The molecule has 2 heterocycles. The normalized spacial score (nSPS) is 30.0. The van der Waals surface area contributed by atoms with Gasteiger partial charge in [-0.15, -0.1) is 0 Å². The van der Waals surface area contributed by atoms with Gasteiger partial charge in [0, 0.05) is 24.1 Å². The zero-order chi connectivity index (χ0) is 17.6. The third kappa shape index (κ3) is 2.37. The van der Waals surface area contributed by atoms with Crippen molar-refractivity contribution >= 4 is 0 Å². The molecule has 0 radical (unpaired) electrons. The molecule has 3 aliphatic rings. The Morgan fingerprint density at radius 3 is 2.85 bits per heavy atom. The van der Waals surface area contributed by atoms with Crippen molar-refractivity contribution in [1.29, 1.82) is 0 Å². The zero-order valence-corrected chi connectivity index (χ0v) is 15.5. The van der Waals surface area contributed by atoms with Gasteiger partial charge in [-0.05, 0) is 49.8 Å². The van der Waals surface area contributed by atoms with Gasteiger partial charge in [0.1, 0.15) is 6.10 Å². The molecular formula is C23H27NO2. The van der Waals surface area contributed by atoms with Crippen LogP contribution < -0.4 is 9.47 Å². The van der Waals surface area contributed by atoms with Gasteiger partial charge < -0.3 is 9.47 Å². The molecule has 1 spiro atoms. The third-order valence-corrected chi connectivity index (χ3v) is 6.85. The number of nitrogens with zero attached hydrogens (tertiary/aromatic N) is 1. The average molecular weight is 349 g/mol. The summed E-state index contributed by atoms with van der Waals surface area (Å²) >= 11 is 0. The molecule has 1 saturated heterocycles. The lowest BCUT2D eigenvalue weighted by Gasteiger charge is -2.51. The minimum absolute atomic E-state index is 0.190. The number of hydrogen-bond donors (Lipinski definition) is 0. The first-order valence-corrected chi connectivity index (χ1v) is 9.91. The molecule has 2 aliphatic heterocycles. The van der Waals surface area contributed by atoms with Crippen LogP contribution in [0.1, 0.15) is 36.8 Å². The third-order valence-electron chi connectivity index (χ3n) is 6.85. The first-order chi connectivity index (χ1) is 12.8. The number of para-hydroxylation sites is 1. The molecule has 3 unspecified atom stereocenters. The fourth-order valence-corrected chi connectivity index (χ4v) is 5.68. The Bertz CT molecular complexity index is 790. The summed E-state index contributed by atoms with van der Waals surface area (Å²) in [6.45, 7) is 3.37. The summed E-state index contributed by atoms with van der Waals surface area (Å²) in [6, 6.07) is 17.3. The zero-order valence-electron chi connectivity index (χ0n) is 15.5. The lowest BCUT2D eigenvalue weighted by atomic mass is 9.58. The highest BCUT2D eigenvalue weighted by Gasteiger charge is 2.57. The minimum atomic E-state index is 0.190. The number of fused-ring (bicyclic) bond motifs is 1. The van der Waals surface area contributed by atoms with Crippen LogP contribution in [0.3, 0.4) is 0 Å². The van der Waals surface area contributed by atoms with Crippen LogP contribution in [-0.2, 0) is 12.0 Å². The highest BCUT2D eigenvalue weighted by Crippen LogP contribution is 2.58. The number of hydrogen-bond acceptors (Lipinski definition) is 3. The van der Waals surface area contributed by atoms with Gasteiger partial charge in [-0.2, -0.15) is 0 Å². The second-order valence-corrected chi connectivity index (χ2v) is 8.08. The van der Waals surface area contributed by atoms with Gasteiger partial charge in [0.25, 0.3) is 0 Å². The molecule has 3 heteroatoms. The maximum atomic E-state index is 6.50. The quantitative estimate of drug-likeness (QED) is 0.820. The predicted molar refractivity (Wildman–Crippen MR) is 103 cm³/mol. The summed E-state index contributed by atoms with van der Waals surface area (Å²) in [6.07, 6.45) is 5.27. The molecule has 5 rings (SSSR count). The van der Waals surface area contributed by atoms with Crippen LogP contribution in [0.4, 0.5) is 0 Å². The van der Waals surface area contributed by atoms with Gasteiger partial charge in [-0.3, -0.25) is 4.90 Å². The molecule has 0 amide bonds. The van der Waals surface area contributed by atoms with E-state index in [1.165, 1.54) is 43.4 Å². The van der Waals surface area contributed by atoms with E-state index in [4.69, 9.17) is 9.47 Å². The van der Waals surface area contributed by atoms with E-state index < -0.39 is 0 Å². The van der Waals surface area contributed by atoms with Crippen LogP contribution in [0.5, 0.6) is 11.5 Å². The Hall–Kier alpha value is -2.00. The van der Waals surface area contributed by atoms with Crippen molar-refractivity contribution in [2.45, 2.75) is 43.7 Å². The van der Waals surface area contributed by atoms with E-state index in [-0.39, 0.29) is 5.41 Å². The average Bonchev–Trinajstić information content (AvgIpc) is 3.02. The Morgan fingerprint density at radius 2 is 2.00 bits per heavy atom. The van der Waals surface area contributed by atoms with Gasteiger partial charge >= 0.3 is 0 Å². The van der Waals surface area contributed by atoms with Gasteiger partial charge in [0.15, 0.2) is 11.5 Å². The van der Waals surface area contributed by atoms with Crippen LogP contribution >= 0.6 is 0 Å². The molecule has 136 valence electrons. The fraction of sp³-hybridized carbons (Fsp3) is 0.478. The van der Waals surface area contributed by atoms with E-state index in [0.29, 0.717) is 12.0 Å². The van der Waals surface area contributed by atoms with Gasteiger partial charge in [-0.25, -0.2) is 0 Å². The van der Waals surface area contributed by atoms with Crippen molar-refractivity contribution in [3.63, 3.8) is 0 Å². The number of ether oxygens (including phenoxy) is 2. The van der Waals surface area contributed by atoms with Crippen molar-refractivity contribution in [2.24, 2.45) is 5.92 Å². The highest BCUT2D eigenvalue weighted by molar-refractivity contribution is 5.55. The molecular weight excluding hydrogens is 322 g/mol. The Labute approximate surface area is 155 Å². The van der Waals surface area contributed by atoms with Crippen LogP contribution in [0.15, 0.2) is 48.5 Å². The minimum Gasteiger partial charge on any atom is -0.493 e. The van der Waals surface area contributed by atoms with Crippen LogP contribution in [0.2, 0.25) is 0 Å². The second-order valence-electron chi connectivity index (χ2n) is 8.08. The Kier molecular flexibility index (Phi) is 3.93. The Morgan fingerprint density at radius 1 is 1.12 bits per heavy atom. The standard InChI is InChI=1S/C23H27NO2/c1-25-20-11-6-10-19-22(20)26-21-12-5-9-18-16-24(14-13-23(18,19)21)15-17-7-3-2-4-8-17/h2-4,6-8,10-11,18,21H,5,9,12-16H2,1H3. The second kappa shape index (κ2) is 6.31. The van der Waals surface area contributed by atoms with E-state index in [2.05, 4.69) is 47.4 Å². The van der Waals surface area contributed by atoms with E-state index in [0.717, 1.165) is 24.6 Å². The monoisotopic (exact) mass is 349 g/mol. The molecule has 0 aromatic heterocycles. The van der Waals surface area contributed by atoms with Crippen molar-refractivity contribution in [2.75, 3.05) is 20.2 Å². The topological polar surface area (TPSA) is 21.7 Å². The first kappa shape index (κ1) is 16.2. The fourth-order valence-electron chi connectivity index (χ4n) is 5.68. The van der Waals surface area contributed by atoms with E-state index >= 15 is 0 Å². The summed E-state index contributed by atoms with van der Waals surface area (Å²) < 4.78 is 12.1. The lowest BCUT2D eigenvalue weighted by molar-refractivity contribution is -0.00956. The van der Waals surface area contributed by atoms with Crippen molar-refractivity contribution in [3.05, 3.63) is 59.7 Å². The van der Waals surface area contributed by atoms with E-state index in [1.54, 1.807) is 7.11 Å². The van der Waals surface area contributed by atoms with E-state index in [1.807, 2.05) is 6.07 Å². The summed E-state index contributed by atoms with van der Waals surface area (Å²) in [5.74, 6) is 2.59. The van der Waals surface area contributed by atoms with Crippen molar-refractivity contribution in [3.8, 4) is 11.5 Å². The highest BCUT2D eigenvalue weighted by atomic mass is 16.5. The van der Waals surface area contributed by atoms with Crippen LogP contribution in [0.25, 0.3) is 0 Å². The van der Waals surface area contributed by atoms with Gasteiger partial charge in [-0.1, -0.05) is 42.5 Å². The molecule has 1 aliphatic carbocycles. The lowest BCUT2D eigenvalue weighted by Crippen LogP contribution is -2.56. The summed E-state index contributed by atoms with van der Waals surface area (Å²) in [5, 5.41) is 0. The molecule has 0 N–H and O–H groups in total. The molecule has 2 aromatic rings. The Balaban J connectivity index is 1.45. The SMILES string of the molecule is COc1cccc2c1OC1CCCC3CN(Cc4ccccc4)CCC231. The summed E-state index contributed by atoms with van der Waals surface area (Å²) in [5.41, 5.74) is 3.02. The molecule has 2 fully saturated rings. The number of rotatable bonds is 3. The smallest absolute Gasteiger partial charge is 0.165 e.